The minimum absolute atomic E-state index is 0.0667. The zero-order valence-electron chi connectivity index (χ0n) is 23.9. The number of rotatable bonds is 8. The van der Waals surface area contributed by atoms with E-state index in [4.69, 9.17) is 0 Å². The fraction of sp³-hybridized carbons (Fsp3) is 0.500. The third-order valence-corrected chi connectivity index (χ3v) is 10.6. The zero-order chi connectivity index (χ0) is 30.2. The molecule has 1 saturated heterocycles. The van der Waals surface area contributed by atoms with Crippen molar-refractivity contribution in [3.05, 3.63) is 60.4 Å². The first kappa shape index (κ1) is 30.2. The van der Waals surface area contributed by atoms with Gasteiger partial charge < -0.3 is 15.1 Å². The first-order valence-corrected chi connectivity index (χ1v) is 15.9. The monoisotopic (exact) mass is 603 g/mol. The van der Waals surface area contributed by atoms with E-state index in [9.17, 15) is 26.4 Å². The van der Waals surface area contributed by atoms with Crippen LogP contribution in [0.1, 0.15) is 45.1 Å². The van der Waals surface area contributed by atoms with E-state index >= 15 is 0 Å². The molecule has 2 fully saturated rings. The summed E-state index contributed by atoms with van der Waals surface area (Å²) >= 11 is 0. The number of amides is 1. The van der Waals surface area contributed by atoms with Gasteiger partial charge >= 0.3 is 6.18 Å². The van der Waals surface area contributed by atoms with E-state index in [1.54, 1.807) is 35.2 Å². The van der Waals surface area contributed by atoms with Crippen LogP contribution in [0.2, 0.25) is 0 Å². The lowest BCUT2D eigenvalue weighted by atomic mass is 9.81. The first-order chi connectivity index (χ1) is 19.8. The number of alkyl halides is 3. The van der Waals surface area contributed by atoms with Gasteiger partial charge in [0, 0.05) is 30.1 Å². The number of halogens is 3. The predicted molar refractivity (Wildman–Crippen MR) is 155 cm³/mol. The van der Waals surface area contributed by atoms with E-state index in [2.05, 4.69) is 41.1 Å². The Balaban J connectivity index is 1.38. The number of fused-ring (bicyclic) bond motifs is 1. The molecule has 2 heterocycles. The fourth-order valence-electron chi connectivity index (χ4n) is 6.29. The first-order valence-electron chi connectivity index (χ1n) is 14.2. The number of anilines is 1. The Hall–Kier alpha value is -3.25. The molecule has 226 valence electrons. The number of benzene rings is 2. The van der Waals surface area contributed by atoms with Crippen molar-refractivity contribution in [2.45, 2.75) is 74.8 Å². The van der Waals surface area contributed by atoms with Crippen LogP contribution in [-0.4, -0.2) is 77.6 Å². The van der Waals surface area contributed by atoms with E-state index in [0.717, 1.165) is 18.6 Å². The number of aromatic nitrogens is 2. The molecule has 2 aliphatic rings. The second-order valence-corrected chi connectivity index (χ2v) is 13.7. The molecule has 3 aromatic rings. The lowest BCUT2D eigenvalue weighted by Crippen LogP contribution is -2.52. The summed E-state index contributed by atoms with van der Waals surface area (Å²) in [6, 6.07) is 11.2. The number of nitrogens with one attached hydrogen (secondary N) is 1. The van der Waals surface area contributed by atoms with Gasteiger partial charge in [-0.25, -0.2) is 18.4 Å². The highest BCUT2D eigenvalue weighted by atomic mass is 32.2. The molecule has 0 radical (unpaired) electrons. The number of sulfone groups is 1. The Bertz CT molecular complexity index is 1530. The van der Waals surface area contributed by atoms with Crippen molar-refractivity contribution in [1.29, 1.82) is 0 Å². The highest BCUT2D eigenvalue weighted by Crippen LogP contribution is 2.37. The Labute approximate surface area is 244 Å². The molecule has 1 amide bonds. The number of carbonyl (C=O) groups excluding carboxylic acids is 1. The van der Waals surface area contributed by atoms with Crippen molar-refractivity contribution in [3.8, 4) is 0 Å². The van der Waals surface area contributed by atoms with Crippen LogP contribution in [0.5, 0.6) is 0 Å². The van der Waals surface area contributed by atoms with Crippen molar-refractivity contribution in [1.82, 2.24) is 19.8 Å². The quantitative estimate of drug-likeness (QED) is 0.387. The molecule has 1 aliphatic heterocycles. The van der Waals surface area contributed by atoms with E-state index in [-0.39, 0.29) is 45.8 Å². The number of hydrogen-bond acceptors (Lipinski definition) is 7. The van der Waals surface area contributed by atoms with Crippen LogP contribution in [0.25, 0.3) is 10.9 Å². The van der Waals surface area contributed by atoms with Gasteiger partial charge in [0.15, 0.2) is 9.84 Å². The van der Waals surface area contributed by atoms with Crippen molar-refractivity contribution < 1.29 is 26.4 Å². The molecule has 0 spiro atoms. The van der Waals surface area contributed by atoms with Crippen LogP contribution < -0.4 is 5.32 Å². The van der Waals surface area contributed by atoms with Gasteiger partial charge in [0.2, 0.25) is 5.91 Å². The van der Waals surface area contributed by atoms with Crippen molar-refractivity contribution in [3.63, 3.8) is 0 Å². The lowest BCUT2D eigenvalue weighted by molar-refractivity contribution is -0.137. The summed E-state index contributed by atoms with van der Waals surface area (Å²) in [5.41, 5.74) is -0.487. The SMILES string of the molecule is CC(C)N(C)[C@@H]1CC[C@H](N2CC[C@H](Nc3ncnc4ccc(C(F)(F)F)cc34)C2=O)[C@@H](CS(=O)(=O)c2ccccc2)C1. The summed E-state index contributed by atoms with van der Waals surface area (Å²) in [5, 5.41) is 3.26. The maximum Gasteiger partial charge on any atom is 0.416 e. The number of likely N-dealkylation sites (tertiary alicyclic amines) is 1. The normalized spacial score (nSPS) is 23.7. The maximum atomic E-state index is 13.8. The van der Waals surface area contributed by atoms with E-state index < -0.39 is 27.6 Å². The summed E-state index contributed by atoms with van der Waals surface area (Å²) in [5.74, 6) is -0.372. The van der Waals surface area contributed by atoms with E-state index in [0.29, 0.717) is 37.4 Å². The molecule has 1 aromatic heterocycles. The largest absolute Gasteiger partial charge is 0.416 e. The van der Waals surface area contributed by atoms with Crippen LogP contribution in [0.4, 0.5) is 19.0 Å². The Morgan fingerprint density at radius 2 is 1.81 bits per heavy atom. The Morgan fingerprint density at radius 1 is 1.07 bits per heavy atom. The highest BCUT2D eigenvalue weighted by Gasteiger charge is 2.44. The van der Waals surface area contributed by atoms with E-state index in [1.165, 1.54) is 12.4 Å². The molecule has 1 saturated carbocycles. The highest BCUT2D eigenvalue weighted by molar-refractivity contribution is 7.91. The Kier molecular flexibility index (Phi) is 8.48. The second-order valence-electron chi connectivity index (χ2n) is 11.6. The van der Waals surface area contributed by atoms with Gasteiger partial charge in [0.25, 0.3) is 0 Å². The summed E-state index contributed by atoms with van der Waals surface area (Å²) < 4.78 is 67.1. The van der Waals surface area contributed by atoms with Crippen LogP contribution in [-0.2, 0) is 20.8 Å². The third-order valence-electron chi connectivity index (χ3n) is 8.75. The molecule has 0 bridgehead atoms. The standard InChI is InChI=1S/C30H36F3N5O3S/c1-19(2)37(3)22-10-12-27(20(15-22)17-42(40,41)23-7-5-4-6-8-23)38-14-13-26(29(38)39)36-28-24-16-21(30(31,32)33)9-11-25(24)34-18-35-28/h4-9,11,16,18-20,22,26-27H,10,12-15,17H2,1-3H3,(H,34,35,36)/t20-,22-,26+,27+/m1/s1. The molecular formula is C30H36F3N5O3S. The number of carbonyl (C=O) groups is 1. The third kappa shape index (κ3) is 6.24. The van der Waals surface area contributed by atoms with Gasteiger partial charge in [-0.1, -0.05) is 18.2 Å². The molecule has 2 aromatic carbocycles. The summed E-state index contributed by atoms with van der Waals surface area (Å²) in [4.78, 5) is 26.3. The molecule has 1 aliphatic carbocycles. The molecule has 8 nitrogen and oxygen atoms in total. The summed E-state index contributed by atoms with van der Waals surface area (Å²) in [7, 11) is -1.54. The Morgan fingerprint density at radius 3 is 2.50 bits per heavy atom. The molecule has 4 atom stereocenters. The van der Waals surface area contributed by atoms with Gasteiger partial charge in [-0.2, -0.15) is 13.2 Å². The van der Waals surface area contributed by atoms with E-state index in [1.807, 2.05) is 0 Å². The van der Waals surface area contributed by atoms with Crippen LogP contribution in [0.15, 0.2) is 59.8 Å². The minimum atomic E-state index is -4.53. The average molecular weight is 604 g/mol. The van der Waals surface area contributed by atoms with Crippen LogP contribution >= 0.6 is 0 Å². The van der Waals surface area contributed by atoms with Gasteiger partial charge in [0.05, 0.1) is 21.7 Å². The predicted octanol–water partition coefficient (Wildman–Crippen LogP) is 5.01. The molecule has 1 N–H and O–H groups in total. The molecular weight excluding hydrogens is 567 g/mol. The molecule has 42 heavy (non-hydrogen) atoms. The lowest BCUT2D eigenvalue weighted by Gasteiger charge is -2.44. The molecule has 12 heteroatoms. The van der Waals surface area contributed by atoms with Crippen LogP contribution in [0, 0.1) is 5.92 Å². The summed E-state index contributed by atoms with van der Waals surface area (Å²) in [6.45, 7) is 4.64. The number of hydrogen-bond donors (Lipinski definition) is 1. The minimum Gasteiger partial charge on any atom is -0.358 e. The fourth-order valence-corrected chi connectivity index (χ4v) is 7.97. The average Bonchev–Trinajstić information content (AvgIpc) is 3.31. The molecule has 0 unspecified atom stereocenters. The zero-order valence-corrected chi connectivity index (χ0v) is 24.7. The van der Waals surface area contributed by atoms with Crippen molar-refractivity contribution in [2.24, 2.45) is 5.92 Å². The maximum absolute atomic E-state index is 13.8. The van der Waals surface area contributed by atoms with Crippen molar-refractivity contribution >= 4 is 32.5 Å². The smallest absolute Gasteiger partial charge is 0.358 e. The van der Waals surface area contributed by atoms with Crippen LogP contribution in [0.3, 0.4) is 0 Å². The van der Waals surface area contributed by atoms with Gasteiger partial charge in [-0.3, -0.25) is 4.79 Å². The van der Waals surface area contributed by atoms with Gasteiger partial charge in [0.1, 0.15) is 18.2 Å². The van der Waals surface area contributed by atoms with Gasteiger partial charge in [-0.05, 0) is 82.8 Å². The van der Waals surface area contributed by atoms with Crippen molar-refractivity contribution in [2.75, 3.05) is 24.7 Å². The topological polar surface area (TPSA) is 95.5 Å². The summed E-state index contributed by atoms with van der Waals surface area (Å²) in [6.07, 6.45) is -0.706. The second kappa shape index (κ2) is 11.8. The van der Waals surface area contributed by atoms with Gasteiger partial charge in [-0.15, -0.1) is 0 Å². The number of nitrogens with zero attached hydrogens (tertiary/aromatic N) is 4. The molecule has 5 rings (SSSR count).